The zero-order valence-corrected chi connectivity index (χ0v) is 18.0. The van der Waals surface area contributed by atoms with Gasteiger partial charge in [0.15, 0.2) is 0 Å². The molecule has 2 heterocycles. The third kappa shape index (κ3) is 5.59. The second kappa shape index (κ2) is 9.28. The number of likely N-dealkylation sites (tertiary alicyclic amines) is 1. The number of nitrogens with zero attached hydrogens (tertiary/aromatic N) is 2. The summed E-state index contributed by atoms with van der Waals surface area (Å²) >= 11 is 0. The quantitative estimate of drug-likeness (QED) is 0.706. The summed E-state index contributed by atoms with van der Waals surface area (Å²) in [4.78, 5) is 40.8. The van der Waals surface area contributed by atoms with Crippen LogP contribution in [-0.4, -0.2) is 52.9 Å². The molecule has 0 aliphatic carbocycles. The second-order valence-corrected chi connectivity index (χ2v) is 8.74. The highest BCUT2D eigenvalue weighted by Crippen LogP contribution is 2.27. The molecule has 6 heteroatoms. The van der Waals surface area contributed by atoms with Crippen LogP contribution in [0.3, 0.4) is 0 Å². The van der Waals surface area contributed by atoms with E-state index in [-0.39, 0.29) is 23.8 Å². The van der Waals surface area contributed by atoms with Gasteiger partial charge in [0, 0.05) is 25.2 Å². The van der Waals surface area contributed by atoms with Gasteiger partial charge in [0.05, 0.1) is 0 Å². The van der Waals surface area contributed by atoms with Gasteiger partial charge >= 0.3 is 6.09 Å². The van der Waals surface area contributed by atoms with E-state index in [2.05, 4.69) is 0 Å². The number of piperidine rings is 1. The Kier molecular flexibility index (Phi) is 6.75. The fourth-order valence-electron chi connectivity index (χ4n) is 3.65. The van der Waals surface area contributed by atoms with Crippen LogP contribution in [0.4, 0.5) is 4.79 Å². The van der Waals surface area contributed by atoms with Gasteiger partial charge in [0.2, 0.25) is 0 Å². The van der Waals surface area contributed by atoms with Crippen LogP contribution in [0.1, 0.15) is 45.6 Å². The Hall–Kier alpha value is -2.89. The molecule has 2 aliphatic heterocycles. The highest BCUT2D eigenvalue weighted by atomic mass is 16.6. The maximum absolute atomic E-state index is 13.2. The van der Waals surface area contributed by atoms with Crippen LogP contribution in [0, 0.1) is 5.92 Å². The minimum atomic E-state index is -0.518. The number of benzene rings is 1. The maximum Gasteiger partial charge on any atom is 0.410 e. The molecule has 0 N–H and O–H groups in total. The molecule has 0 unspecified atom stereocenters. The van der Waals surface area contributed by atoms with E-state index in [9.17, 15) is 14.4 Å². The lowest BCUT2D eigenvalue weighted by Gasteiger charge is -2.33. The van der Waals surface area contributed by atoms with Gasteiger partial charge in [-0.05, 0) is 57.6 Å². The van der Waals surface area contributed by atoms with E-state index in [1.54, 1.807) is 11.0 Å². The van der Waals surface area contributed by atoms with Gasteiger partial charge in [-0.25, -0.2) is 4.79 Å². The maximum atomic E-state index is 13.2. The van der Waals surface area contributed by atoms with Crippen LogP contribution in [0.25, 0.3) is 5.57 Å². The van der Waals surface area contributed by atoms with Gasteiger partial charge in [-0.1, -0.05) is 42.5 Å². The third-order valence-corrected chi connectivity index (χ3v) is 5.20. The molecule has 3 rings (SSSR count). The predicted molar refractivity (Wildman–Crippen MR) is 115 cm³/mol. The fraction of sp³-hybridized carbons (Fsp3) is 0.458. The van der Waals surface area contributed by atoms with Crippen molar-refractivity contribution in [2.45, 2.75) is 45.6 Å². The number of allylic oxidation sites excluding steroid dienone is 1. The number of hydrogen-bond acceptors (Lipinski definition) is 4. The van der Waals surface area contributed by atoms with E-state index < -0.39 is 5.60 Å². The number of imide groups is 1. The molecule has 3 amide bonds. The Balaban J connectivity index is 1.75. The van der Waals surface area contributed by atoms with Crippen molar-refractivity contribution in [2.24, 2.45) is 5.92 Å². The van der Waals surface area contributed by atoms with Crippen LogP contribution >= 0.6 is 0 Å². The van der Waals surface area contributed by atoms with E-state index in [1.807, 2.05) is 57.2 Å². The van der Waals surface area contributed by atoms with Gasteiger partial charge in [-0.15, -0.1) is 0 Å². The Labute approximate surface area is 178 Å². The molecular weight excluding hydrogens is 380 g/mol. The Morgan fingerprint density at radius 2 is 1.73 bits per heavy atom. The van der Waals surface area contributed by atoms with Crippen LogP contribution < -0.4 is 0 Å². The van der Waals surface area contributed by atoms with Crippen molar-refractivity contribution in [3.05, 3.63) is 54.1 Å². The Bertz CT molecular complexity index is 844. The van der Waals surface area contributed by atoms with Crippen LogP contribution in [0.2, 0.25) is 0 Å². The van der Waals surface area contributed by atoms with Crippen LogP contribution in [0.5, 0.6) is 0 Å². The molecule has 1 aromatic carbocycles. The lowest BCUT2D eigenvalue weighted by molar-refractivity contribution is -0.138. The van der Waals surface area contributed by atoms with Crippen LogP contribution in [-0.2, 0) is 14.3 Å². The average Bonchev–Trinajstić information content (AvgIpc) is 2.72. The van der Waals surface area contributed by atoms with Crippen molar-refractivity contribution < 1.29 is 19.1 Å². The number of amides is 3. The monoisotopic (exact) mass is 410 g/mol. The average molecular weight is 411 g/mol. The summed E-state index contributed by atoms with van der Waals surface area (Å²) in [5.74, 6) is -0.378. The highest BCUT2D eigenvalue weighted by Gasteiger charge is 2.29. The summed E-state index contributed by atoms with van der Waals surface area (Å²) in [6.45, 7) is 7.13. The van der Waals surface area contributed by atoms with Gasteiger partial charge in [-0.2, -0.15) is 0 Å². The number of rotatable bonds is 3. The van der Waals surface area contributed by atoms with Crippen molar-refractivity contribution in [2.75, 3.05) is 19.6 Å². The van der Waals surface area contributed by atoms with E-state index >= 15 is 0 Å². The van der Waals surface area contributed by atoms with Crippen molar-refractivity contribution in [3.63, 3.8) is 0 Å². The molecule has 0 saturated carbocycles. The normalized spacial score (nSPS) is 18.5. The fourth-order valence-corrected chi connectivity index (χ4v) is 3.65. The summed E-state index contributed by atoms with van der Waals surface area (Å²) in [6, 6.07) is 9.46. The molecule has 160 valence electrons. The zero-order valence-electron chi connectivity index (χ0n) is 18.0. The Morgan fingerprint density at radius 3 is 2.33 bits per heavy atom. The largest absolute Gasteiger partial charge is 0.444 e. The summed E-state index contributed by atoms with van der Waals surface area (Å²) in [5.41, 5.74) is 0.838. The molecule has 0 atom stereocenters. The highest BCUT2D eigenvalue weighted by molar-refractivity contribution is 6.24. The summed E-state index contributed by atoms with van der Waals surface area (Å²) in [6.07, 6.45) is 7.11. The molecule has 0 aromatic heterocycles. The lowest BCUT2D eigenvalue weighted by Crippen LogP contribution is -2.42. The molecule has 0 spiro atoms. The number of hydrogen-bond donors (Lipinski definition) is 0. The third-order valence-electron chi connectivity index (χ3n) is 5.20. The van der Waals surface area contributed by atoms with Gasteiger partial charge < -0.3 is 9.64 Å². The van der Waals surface area contributed by atoms with E-state index in [1.165, 1.54) is 11.0 Å². The van der Waals surface area contributed by atoms with Crippen molar-refractivity contribution in [1.82, 2.24) is 9.80 Å². The first-order valence-electron chi connectivity index (χ1n) is 10.5. The number of carbonyl (C=O) groups is 3. The summed E-state index contributed by atoms with van der Waals surface area (Å²) < 4.78 is 5.46. The molecule has 0 bridgehead atoms. The van der Waals surface area contributed by atoms with E-state index in [0.29, 0.717) is 31.6 Å². The molecule has 30 heavy (non-hydrogen) atoms. The predicted octanol–water partition coefficient (Wildman–Crippen LogP) is 4.03. The minimum absolute atomic E-state index is 0.151. The Morgan fingerprint density at radius 1 is 1.07 bits per heavy atom. The second-order valence-electron chi connectivity index (χ2n) is 8.74. The molecular formula is C24H30N2O4. The molecule has 1 aromatic rings. The number of carbonyl (C=O) groups excluding carboxylic acids is 3. The summed E-state index contributed by atoms with van der Waals surface area (Å²) in [7, 11) is 0. The van der Waals surface area contributed by atoms with E-state index in [0.717, 1.165) is 18.4 Å². The van der Waals surface area contributed by atoms with Crippen molar-refractivity contribution in [1.29, 1.82) is 0 Å². The zero-order chi connectivity index (χ0) is 21.7. The molecule has 0 radical (unpaired) electrons. The van der Waals surface area contributed by atoms with Gasteiger partial charge in [0.25, 0.3) is 11.8 Å². The smallest absolute Gasteiger partial charge is 0.410 e. The van der Waals surface area contributed by atoms with Gasteiger partial charge in [-0.3, -0.25) is 14.5 Å². The molecule has 1 fully saturated rings. The number of ether oxygens (including phenoxy) is 1. The first-order chi connectivity index (χ1) is 14.2. The molecule has 6 nitrogen and oxygen atoms in total. The molecule has 1 saturated heterocycles. The van der Waals surface area contributed by atoms with Crippen molar-refractivity contribution >= 4 is 23.5 Å². The topological polar surface area (TPSA) is 66.9 Å². The van der Waals surface area contributed by atoms with Crippen LogP contribution in [0.15, 0.2) is 48.6 Å². The van der Waals surface area contributed by atoms with E-state index in [4.69, 9.17) is 4.74 Å². The SMILES string of the molecule is CC(C)(C)OC(=O)N1CCC(/C=C(/C(=O)N2CCC=CC2=O)c2ccccc2)CC1. The first-order valence-corrected chi connectivity index (χ1v) is 10.5. The summed E-state index contributed by atoms with van der Waals surface area (Å²) in [5, 5.41) is 0. The first kappa shape index (κ1) is 21.8. The standard InChI is InChI=1S/C24H30N2O4/c1-24(2,3)30-23(29)25-15-12-18(13-16-25)17-20(19-9-5-4-6-10-19)22(28)26-14-8-7-11-21(26)27/h4-7,9-11,17-18H,8,12-16H2,1-3H3/b20-17+. The van der Waals surface area contributed by atoms with Gasteiger partial charge in [0.1, 0.15) is 5.60 Å². The van der Waals surface area contributed by atoms with Crippen molar-refractivity contribution in [3.8, 4) is 0 Å². The lowest BCUT2D eigenvalue weighted by atomic mass is 9.91. The minimum Gasteiger partial charge on any atom is -0.444 e. The molecule has 2 aliphatic rings.